The SMILES string of the molecule is COc1cc(F)cc(C(N)C2CC2)c1. The number of rotatable bonds is 3. The fourth-order valence-electron chi connectivity index (χ4n) is 1.62. The molecule has 0 amide bonds. The van der Waals surface area contributed by atoms with Gasteiger partial charge in [-0.2, -0.15) is 0 Å². The summed E-state index contributed by atoms with van der Waals surface area (Å²) in [5.41, 5.74) is 6.81. The molecule has 0 radical (unpaired) electrons. The second-order valence-corrected chi connectivity index (χ2v) is 3.79. The van der Waals surface area contributed by atoms with E-state index in [4.69, 9.17) is 10.5 Å². The van der Waals surface area contributed by atoms with Gasteiger partial charge in [-0.15, -0.1) is 0 Å². The molecule has 1 unspecified atom stereocenters. The Morgan fingerprint density at radius 2 is 2.14 bits per heavy atom. The van der Waals surface area contributed by atoms with Gasteiger partial charge in [0.05, 0.1) is 7.11 Å². The first-order valence-electron chi connectivity index (χ1n) is 4.81. The molecule has 1 aliphatic carbocycles. The summed E-state index contributed by atoms with van der Waals surface area (Å²) in [4.78, 5) is 0. The van der Waals surface area contributed by atoms with Crippen molar-refractivity contribution in [3.8, 4) is 5.75 Å². The Labute approximate surface area is 82.9 Å². The number of nitrogens with two attached hydrogens (primary N) is 1. The van der Waals surface area contributed by atoms with Gasteiger partial charge in [0.25, 0.3) is 0 Å². The first kappa shape index (κ1) is 9.46. The summed E-state index contributed by atoms with van der Waals surface area (Å²) in [6.07, 6.45) is 2.31. The summed E-state index contributed by atoms with van der Waals surface area (Å²) in [5, 5.41) is 0. The first-order chi connectivity index (χ1) is 6.70. The zero-order valence-corrected chi connectivity index (χ0v) is 8.16. The van der Waals surface area contributed by atoms with Crippen molar-refractivity contribution >= 4 is 0 Å². The lowest BCUT2D eigenvalue weighted by molar-refractivity contribution is 0.409. The van der Waals surface area contributed by atoms with Crippen LogP contribution in [0.5, 0.6) is 5.75 Å². The molecule has 1 aromatic carbocycles. The predicted molar refractivity (Wildman–Crippen MR) is 52.6 cm³/mol. The molecule has 2 rings (SSSR count). The molecular formula is C11H14FNO. The Hall–Kier alpha value is -1.09. The van der Waals surface area contributed by atoms with Gasteiger partial charge in [-0.25, -0.2) is 4.39 Å². The molecule has 0 spiro atoms. The molecule has 0 aromatic heterocycles. The van der Waals surface area contributed by atoms with E-state index in [2.05, 4.69) is 0 Å². The Morgan fingerprint density at radius 3 is 2.71 bits per heavy atom. The fraction of sp³-hybridized carbons (Fsp3) is 0.455. The van der Waals surface area contributed by atoms with Crippen LogP contribution in [0, 0.1) is 11.7 Å². The van der Waals surface area contributed by atoms with Gasteiger partial charge >= 0.3 is 0 Å². The number of hydrogen-bond acceptors (Lipinski definition) is 2. The molecule has 2 nitrogen and oxygen atoms in total. The van der Waals surface area contributed by atoms with E-state index >= 15 is 0 Å². The average Bonchev–Trinajstić information content (AvgIpc) is 2.99. The molecule has 1 aromatic rings. The lowest BCUT2D eigenvalue weighted by Gasteiger charge is -2.12. The van der Waals surface area contributed by atoms with E-state index in [0.717, 1.165) is 18.4 Å². The summed E-state index contributed by atoms with van der Waals surface area (Å²) in [7, 11) is 1.53. The molecule has 14 heavy (non-hydrogen) atoms. The van der Waals surface area contributed by atoms with Crippen molar-refractivity contribution in [1.82, 2.24) is 0 Å². The lowest BCUT2D eigenvalue weighted by Crippen LogP contribution is -2.12. The summed E-state index contributed by atoms with van der Waals surface area (Å²) in [6.45, 7) is 0. The van der Waals surface area contributed by atoms with E-state index in [0.29, 0.717) is 11.7 Å². The average molecular weight is 195 g/mol. The monoisotopic (exact) mass is 195 g/mol. The quantitative estimate of drug-likeness (QED) is 0.802. The Bertz CT molecular complexity index is 336. The van der Waals surface area contributed by atoms with Crippen LogP contribution < -0.4 is 10.5 Å². The van der Waals surface area contributed by atoms with Crippen LogP contribution in [0.1, 0.15) is 24.4 Å². The highest BCUT2D eigenvalue weighted by Gasteiger charge is 2.29. The summed E-state index contributed by atoms with van der Waals surface area (Å²) >= 11 is 0. The number of benzene rings is 1. The van der Waals surface area contributed by atoms with Gasteiger partial charge < -0.3 is 10.5 Å². The third kappa shape index (κ3) is 1.87. The molecule has 1 atom stereocenters. The molecular weight excluding hydrogens is 181 g/mol. The topological polar surface area (TPSA) is 35.2 Å². The van der Waals surface area contributed by atoms with Crippen LogP contribution in [0.25, 0.3) is 0 Å². The van der Waals surface area contributed by atoms with Crippen LogP contribution in [-0.4, -0.2) is 7.11 Å². The largest absolute Gasteiger partial charge is 0.497 e. The zero-order valence-electron chi connectivity index (χ0n) is 8.16. The van der Waals surface area contributed by atoms with Crippen LogP contribution in [0.4, 0.5) is 4.39 Å². The van der Waals surface area contributed by atoms with Crippen molar-refractivity contribution in [2.45, 2.75) is 18.9 Å². The highest BCUT2D eigenvalue weighted by atomic mass is 19.1. The number of hydrogen-bond donors (Lipinski definition) is 1. The lowest BCUT2D eigenvalue weighted by atomic mass is 10.0. The van der Waals surface area contributed by atoms with Gasteiger partial charge in [0.2, 0.25) is 0 Å². The molecule has 0 heterocycles. The third-order valence-electron chi connectivity index (χ3n) is 2.64. The van der Waals surface area contributed by atoms with Crippen molar-refractivity contribution < 1.29 is 9.13 Å². The zero-order chi connectivity index (χ0) is 10.1. The standard InChI is InChI=1S/C11H14FNO/c1-14-10-5-8(4-9(12)6-10)11(13)7-2-3-7/h4-7,11H,2-3,13H2,1H3. The summed E-state index contributed by atoms with van der Waals surface area (Å²) < 4.78 is 18.1. The van der Waals surface area contributed by atoms with E-state index in [9.17, 15) is 4.39 Å². The molecule has 76 valence electrons. The smallest absolute Gasteiger partial charge is 0.127 e. The van der Waals surface area contributed by atoms with E-state index < -0.39 is 0 Å². The summed E-state index contributed by atoms with van der Waals surface area (Å²) in [6, 6.07) is 4.63. The van der Waals surface area contributed by atoms with E-state index in [1.54, 1.807) is 0 Å². The first-order valence-corrected chi connectivity index (χ1v) is 4.81. The van der Waals surface area contributed by atoms with Crippen molar-refractivity contribution in [2.75, 3.05) is 7.11 Å². The second kappa shape index (κ2) is 3.58. The van der Waals surface area contributed by atoms with E-state index in [1.807, 2.05) is 6.07 Å². The maximum atomic E-state index is 13.1. The number of ether oxygens (including phenoxy) is 1. The minimum atomic E-state index is -0.282. The van der Waals surface area contributed by atoms with Crippen LogP contribution >= 0.6 is 0 Å². The minimum absolute atomic E-state index is 0.0420. The van der Waals surface area contributed by atoms with Gasteiger partial charge in [-0.1, -0.05) is 0 Å². The molecule has 3 heteroatoms. The minimum Gasteiger partial charge on any atom is -0.497 e. The normalized spacial score (nSPS) is 17.9. The Balaban J connectivity index is 2.27. The van der Waals surface area contributed by atoms with E-state index in [1.165, 1.54) is 19.2 Å². The van der Waals surface area contributed by atoms with Crippen molar-refractivity contribution in [3.05, 3.63) is 29.6 Å². The van der Waals surface area contributed by atoms with Crippen LogP contribution in [0.2, 0.25) is 0 Å². The van der Waals surface area contributed by atoms with Crippen LogP contribution in [0.15, 0.2) is 18.2 Å². The van der Waals surface area contributed by atoms with Gasteiger partial charge in [-0.3, -0.25) is 0 Å². The van der Waals surface area contributed by atoms with Crippen LogP contribution in [0.3, 0.4) is 0 Å². The van der Waals surface area contributed by atoms with Crippen molar-refractivity contribution in [3.63, 3.8) is 0 Å². The molecule has 0 saturated heterocycles. The predicted octanol–water partition coefficient (Wildman–Crippen LogP) is 2.24. The molecule has 1 aliphatic rings. The maximum Gasteiger partial charge on any atom is 0.127 e. The maximum absolute atomic E-state index is 13.1. The highest BCUT2D eigenvalue weighted by Crippen LogP contribution is 2.40. The second-order valence-electron chi connectivity index (χ2n) is 3.79. The number of methoxy groups -OCH3 is 1. The summed E-state index contributed by atoms with van der Waals surface area (Å²) in [5.74, 6) is 0.785. The molecule has 0 aliphatic heterocycles. The molecule has 0 bridgehead atoms. The molecule has 2 N–H and O–H groups in total. The molecule has 1 fully saturated rings. The van der Waals surface area contributed by atoms with Crippen molar-refractivity contribution in [1.29, 1.82) is 0 Å². The van der Waals surface area contributed by atoms with Gasteiger partial charge in [-0.05, 0) is 36.5 Å². The highest BCUT2D eigenvalue weighted by molar-refractivity contribution is 5.32. The Morgan fingerprint density at radius 1 is 1.43 bits per heavy atom. The van der Waals surface area contributed by atoms with E-state index in [-0.39, 0.29) is 11.9 Å². The van der Waals surface area contributed by atoms with Gasteiger partial charge in [0.1, 0.15) is 11.6 Å². The molecule has 1 saturated carbocycles. The Kier molecular flexibility index (Phi) is 2.42. The number of halogens is 1. The van der Waals surface area contributed by atoms with Gasteiger partial charge in [0, 0.05) is 12.1 Å². The van der Waals surface area contributed by atoms with Gasteiger partial charge in [0.15, 0.2) is 0 Å². The van der Waals surface area contributed by atoms with Crippen molar-refractivity contribution in [2.24, 2.45) is 11.7 Å². The third-order valence-corrected chi connectivity index (χ3v) is 2.64. The van der Waals surface area contributed by atoms with Crippen LogP contribution in [-0.2, 0) is 0 Å². The fourth-order valence-corrected chi connectivity index (χ4v) is 1.62.